The number of hydrogen-bond acceptors (Lipinski definition) is 2. The van der Waals surface area contributed by atoms with Crippen LogP contribution in [0.3, 0.4) is 0 Å². The first kappa shape index (κ1) is 15.0. The Morgan fingerprint density at radius 2 is 1.65 bits per heavy atom. The maximum atomic E-state index is 3.57. The molecule has 0 aliphatic carbocycles. The molecule has 2 heteroatoms. The molecule has 0 unspecified atom stereocenters. The van der Waals surface area contributed by atoms with Gasteiger partial charge in [0.1, 0.15) is 0 Å². The van der Waals surface area contributed by atoms with E-state index in [1.54, 1.807) is 0 Å². The predicted molar refractivity (Wildman–Crippen MR) is 76.3 cm³/mol. The van der Waals surface area contributed by atoms with Crippen LogP contribution in [0.1, 0.15) is 47.5 Å². The van der Waals surface area contributed by atoms with Crippen LogP contribution in [0.25, 0.3) is 0 Å². The molecule has 0 aromatic carbocycles. The van der Waals surface area contributed by atoms with Gasteiger partial charge in [0.15, 0.2) is 0 Å². The van der Waals surface area contributed by atoms with Crippen molar-refractivity contribution in [3.8, 4) is 0 Å². The molecule has 1 aliphatic heterocycles. The monoisotopic (exact) mass is 240 g/mol. The Morgan fingerprint density at radius 1 is 1.06 bits per heavy atom. The van der Waals surface area contributed by atoms with E-state index < -0.39 is 0 Å². The van der Waals surface area contributed by atoms with Gasteiger partial charge in [0.2, 0.25) is 0 Å². The molecule has 102 valence electrons. The molecule has 1 aliphatic rings. The highest BCUT2D eigenvalue weighted by Crippen LogP contribution is 2.24. The highest BCUT2D eigenvalue weighted by atomic mass is 15.1. The zero-order valence-corrected chi connectivity index (χ0v) is 12.5. The van der Waals surface area contributed by atoms with E-state index in [1.165, 1.54) is 39.0 Å². The Kier molecular flexibility index (Phi) is 6.50. The third-order valence-electron chi connectivity index (χ3n) is 3.91. The predicted octanol–water partition coefficient (Wildman–Crippen LogP) is 2.99. The molecule has 0 saturated carbocycles. The van der Waals surface area contributed by atoms with Gasteiger partial charge in [-0.1, -0.05) is 34.6 Å². The Labute approximate surface area is 108 Å². The van der Waals surface area contributed by atoms with Crippen molar-refractivity contribution in [2.45, 2.75) is 53.5 Å². The van der Waals surface area contributed by atoms with Crippen molar-refractivity contribution in [3.63, 3.8) is 0 Å². The summed E-state index contributed by atoms with van der Waals surface area (Å²) in [5, 5.41) is 3.57. The van der Waals surface area contributed by atoms with Gasteiger partial charge in [-0.25, -0.2) is 0 Å². The topological polar surface area (TPSA) is 15.3 Å². The number of nitrogens with one attached hydrogen (secondary N) is 1. The summed E-state index contributed by atoms with van der Waals surface area (Å²) in [6.45, 7) is 16.6. The van der Waals surface area contributed by atoms with Gasteiger partial charge >= 0.3 is 0 Å². The van der Waals surface area contributed by atoms with Crippen LogP contribution in [0, 0.1) is 17.8 Å². The lowest BCUT2D eigenvalue weighted by Gasteiger charge is -2.36. The maximum Gasteiger partial charge on any atom is 0.00104 e. The molecule has 0 aromatic heterocycles. The third-order valence-corrected chi connectivity index (χ3v) is 3.91. The van der Waals surface area contributed by atoms with E-state index in [9.17, 15) is 0 Å². The SMILES string of the molecule is CC(C)CN1CCC([C@H](C)CNC(C)C)CC1. The molecule has 1 atom stereocenters. The van der Waals surface area contributed by atoms with Crippen LogP contribution in [0.5, 0.6) is 0 Å². The maximum absolute atomic E-state index is 3.57. The van der Waals surface area contributed by atoms with Crippen molar-refractivity contribution in [2.75, 3.05) is 26.2 Å². The first-order valence-electron chi connectivity index (χ1n) is 7.44. The van der Waals surface area contributed by atoms with Crippen LogP contribution in [0.4, 0.5) is 0 Å². The summed E-state index contributed by atoms with van der Waals surface area (Å²) >= 11 is 0. The van der Waals surface area contributed by atoms with Crippen LogP contribution < -0.4 is 5.32 Å². The Bertz CT molecular complexity index is 193. The smallest absolute Gasteiger partial charge is 0.00104 e. The molecule has 0 aromatic rings. The lowest BCUT2D eigenvalue weighted by atomic mass is 9.85. The molecule has 1 saturated heterocycles. The van der Waals surface area contributed by atoms with Crippen molar-refractivity contribution in [2.24, 2.45) is 17.8 Å². The Hall–Kier alpha value is -0.0800. The van der Waals surface area contributed by atoms with Gasteiger partial charge in [0, 0.05) is 12.6 Å². The summed E-state index contributed by atoms with van der Waals surface area (Å²) in [7, 11) is 0. The Balaban J connectivity index is 2.21. The molecular weight excluding hydrogens is 208 g/mol. The summed E-state index contributed by atoms with van der Waals surface area (Å²) < 4.78 is 0. The highest BCUT2D eigenvalue weighted by Gasteiger charge is 2.23. The molecule has 1 heterocycles. The molecule has 0 radical (unpaired) electrons. The average molecular weight is 240 g/mol. The van der Waals surface area contributed by atoms with E-state index in [1.807, 2.05) is 0 Å². The van der Waals surface area contributed by atoms with Crippen molar-refractivity contribution in [1.29, 1.82) is 0 Å². The summed E-state index contributed by atoms with van der Waals surface area (Å²) in [4.78, 5) is 2.64. The molecular formula is C15H32N2. The fourth-order valence-electron chi connectivity index (χ4n) is 2.81. The Morgan fingerprint density at radius 3 is 2.12 bits per heavy atom. The summed E-state index contributed by atoms with van der Waals surface area (Å²) in [5.41, 5.74) is 0. The van der Waals surface area contributed by atoms with Gasteiger partial charge in [-0.2, -0.15) is 0 Å². The van der Waals surface area contributed by atoms with Crippen molar-refractivity contribution in [1.82, 2.24) is 10.2 Å². The van der Waals surface area contributed by atoms with Crippen LogP contribution in [0.2, 0.25) is 0 Å². The molecule has 1 fully saturated rings. The minimum absolute atomic E-state index is 0.624. The lowest BCUT2D eigenvalue weighted by Crippen LogP contribution is -2.40. The highest BCUT2D eigenvalue weighted by molar-refractivity contribution is 4.77. The van der Waals surface area contributed by atoms with E-state index >= 15 is 0 Å². The van der Waals surface area contributed by atoms with Crippen molar-refractivity contribution < 1.29 is 0 Å². The average Bonchev–Trinajstić information content (AvgIpc) is 2.26. The molecule has 1 rings (SSSR count). The van der Waals surface area contributed by atoms with Crippen LogP contribution in [0.15, 0.2) is 0 Å². The normalized spacial score (nSPS) is 21.4. The number of nitrogens with zero attached hydrogens (tertiary/aromatic N) is 1. The second-order valence-electron chi connectivity index (χ2n) is 6.57. The van der Waals surface area contributed by atoms with Crippen molar-refractivity contribution >= 4 is 0 Å². The van der Waals surface area contributed by atoms with E-state index in [2.05, 4.69) is 44.8 Å². The quantitative estimate of drug-likeness (QED) is 0.768. The number of piperidine rings is 1. The second-order valence-corrected chi connectivity index (χ2v) is 6.57. The largest absolute Gasteiger partial charge is 0.314 e. The van der Waals surface area contributed by atoms with Gasteiger partial charge in [-0.05, 0) is 50.2 Å². The van der Waals surface area contributed by atoms with E-state index in [0.717, 1.165) is 17.8 Å². The number of rotatable bonds is 6. The zero-order chi connectivity index (χ0) is 12.8. The molecule has 0 bridgehead atoms. The van der Waals surface area contributed by atoms with Gasteiger partial charge < -0.3 is 10.2 Å². The molecule has 0 spiro atoms. The zero-order valence-electron chi connectivity index (χ0n) is 12.5. The molecule has 1 N–H and O–H groups in total. The summed E-state index contributed by atoms with van der Waals surface area (Å²) in [6, 6.07) is 0.624. The van der Waals surface area contributed by atoms with E-state index in [4.69, 9.17) is 0 Å². The second kappa shape index (κ2) is 7.38. The van der Waals surface area contributed by atoms with Gasteiger partial charge in [-0.3, -0.25) is 0 Å². The standard InChI is InChI=1S/C15H32N2/c1-12(2)11-17-8-6-15(7-9-17)14(5)10-16-13(3)4/h12-16H,6-11H2,1-5H3/t14-/m1/s1. The van der Waals surface area contributed by atoms with Gasteiger partial charge in [0.25, 0.3) is 0 Å². The number of hydrogen-bond donors (Lipinski definition) is 1. The molecule has 2 nitrogen and oxygen atoms in total. The first-order valence-corrected chi connectivity index (χ1v) is 7.44. The number of likely N-dealkylation sites (tertiary alicyclic amines) is 1. The van der Waals surface area contributed by atoms with Crippen LogP contribution in [-0.4, -0.2) is 37.1 Å². The molecule has 17 heavy (non-hydrogen) atoms. The fourth-order valence-corrected chi connectivity index (χ4v) is 2.81. The summed E-state index contributed by atoms with van der Waals surface area (Å²) in [6.07, 6.45) is 2.79. The van der Waals surface area contributed by atoms with Crippen molar-refractivity contribution in [3.05, 3.63) is 0 Å². The molecule has 0 amide bonds. The third kappa shape index (κ3) is 5.87. The van der Waals surface area contributed by atoms with Crippen LogP contribution >= 0.6 is 0 Å². The van der Waals surface area contributed by atoms with Gasteiger partial charge in [0.05, 0.1) is 0 Å². The fraction of sp³-hybridized carbons (Fsp3) is 1.00. The lowest BCUT2D eigenvalue weighted by molar-refractivity contribution is 0.139. The van der Waals surface area contributed by atoms with E-state index in [-0.39, 0.29) is 0 Å². The van der Waals surface area contributed by atoms with Crippen LogP contribution in [-0.2, 0) is 0 Å². The summed E-state index contributed by atoms with van der Waals surface area (Å²) in [5.74, 6) is 2.58. The minimum Gasteiger partial charge on any atom is -0.314 e. The van der Waals surface area contributed by atoms with E-state index in [0.29, 0.717) is 6.04 Å². The van der Waals surface area contributed by atoms with Gasteiger partial charge in [-0.15, -0.1) is 0 Å². The minimum atomic E-state index is 0.624. The first-order chi connectivity index (χ1) is 7.99.